The third-order valence-corrected chi connectivity index (χ3v) is 2.52. The second-order valence-electron chi connectivity index (χ2n) is 4.11. The van der Waals surface area contributed by atoms with Gasteiger partial charge in [0, 0.05) is 18.1 Å². The molecule has 2 heterocycles. The summed E-state index contributed by atoms with van der Waals surface area (Å²) in [7, 11) is 0. The van der Waals surface area contributed by atoms with Crippen molar-refractivity contribution < 1.29 is 13.6 Å². The standard InChI is InChI=1S/C11H13F2N5O/c1-6-5-14-9(15-6)7(2)16-10(19)8-3-4-18(17-8)11(12)13/h3-5,7,11H,1-2H3,(H,14,15)(H,16,19)/t7-/m1/s1. The molecule has 2 aromatic heterocycles. The van der Waals surface area contributed by atoms with Crippen LogP contribution in [-0.2, 0) is 0 Å². The Hall–Kier alpha value is -2.25. The number of H-pyrrole nitrogens is 1. The van der Waals surface area contributed by atoms with E-state index in [1.54, 1.807) is 13.1 Å². The summed E-state index contributed by atoms with van der Waals surface area (Å²) >= 11 is 0. The predicted molar refractivity (Wildman–Crippen MR) is 62.7 cm³/mol. The van der Waals surface area contributed by atoms with E-state index in [1.807, 2.05) is 6.92 Å². The minimum atomic E-state index is -2.76. The molecule has 102 valence electrons. The number of carbonyl (C=O) groups is 1. The van der Waals surface area contributed by atoms with Gasteiger partial charge in [0.25, 0.3) is 5.91 Å². The SMILES string of the molecule is Cc1cnc([C@@H](C)NC(=O)c2ccn(C(F)F)n2)[nH]1. The van der Waals surface area contributed by atoms with Crippen LogP contribution in [0.1, 0.15) is 41.5 Å². The maximum Gasteiger partial charge on any atom is 0.333 e. The van der Waals surface area contributed by atoms with Crippen molar-refractivity contribution in [2.45, 2.75) is 26.4 Å². The average Bonchev–Trinajstić information content (AvgIpc) is 2.96. The quantitative estimate of drug-likeness (QED) is 0.888. The second kappa shape index (κ2) is 5.17. The predicted octanol–water partition coefficient (Wildman–Crippen LogP) is 1.80. The Morgan fingerprint density at radius 1 is 1.53 bits per heavy atom. The number of rotatable bonds is 4. The van der Waals surface area contributed by atoms with E-state index in [-0.39, 0.29) is 11.7 Å². The summed E-state index contributed by atoms with van der Waals surface area (Å²) in [4.78, 5) is 18.9. The van der Waals surface area contributed by atoms with Gasteiger partial charge in [0.1, 0.15) is 11.5 Å². The molecule has 0 fully saturated rings. The molecule has 0 bridgehead atoms. The highest BCUT2D eigenvalue weighted by Gasteiger charge is 2.17. The van der Waals surface area contributed by atoms with Crippen molar-refractivity contribution in [2.24, 2.45) is 0 Å². The molecule has 6 nitrogen and oxygen atoms in total. The summed E-state index contributed by atoms with van der Waals surface area (Å²) in [5, 5.41) is 6.11. The van der Waals surface area contributed by atoms with Gasteiger partial charge in [0.15, 0.2) is 0 Å². The fourth-order valence-electron chi connectivity index (χ4n) is 1.56. The fraction of sp³-hybridized carbons (Fsp3) is 0.364. The number of nitrogens with zero attached hydrogens (tertiary/aromatic N) is 3. The number of alkyl halides is 2. The number of carbonyl (C=O) groups excluding carboxylic acids is 1. The molecule has 0 radical (unpaired) electrons. The molecule has 0 aliphatic carbocycles. The van der Waals surface area contributed by atoms with Gasteiger partial charge in [-0.15, -0.1) is 0 Å². The molecule has 8 heteroatoms. The van der Waals surface area contributed by atoms with E-state index < -0.39 is 12.5 Å². The van der Waals surface area contributed by atoms with Gasteiger partial charge < -0.3 is 10.3 Å². The van der Waals surface area contributed by atoms with Crippen molar-refractivity contribution in [3.63, 3.8) is 0 Å². The Morgan fingerprint density at radius 2 is 2.26 bits per heavy atom. The summed E-state index contributed by atoms with van der Waals surface area (Å²) in [6.07, 6.45) is 2.70. The Bertz CT molecular complexity index is 577. The lowest BCUT2D eigenvalue weighted by Crippen LogP contribution is -2.27. The number of nitrogens with one attached hydrogen (secondary N) is 2. The van der Waals surface area contributed by atoms with Crippen LogP contribution in [0.15, 0.2) is 18.5 Å². The molecule has 1 atom stereocenters. The van der Waals surface area contributed by atoms with Crippen molar-refractivity contribution >= 4 is 5.91 Å². The third kappa shape index (κ3) is 2.95. The highest BCUT2D eigenvalue weighted by Crippen LogP contribution is 2.11. The number of halogens is 2. The summed E-state index contributed by atoms with van der Waals surface area (Å²) in [5.41, 5.74) is 0.813. The fourth-order valence-corrected chi connectivity index (χ4v) is 1.56. The molecule has 0 unspecified atom stereocenters. The molecule has 19 heavy (non-hydrogen) atoms. The Kier molecular flexibility index (Phi) is 3.59. The maximum atomic E-state index is 12.3. The van der Waals surface area contributed by atoms with E-state index in [9.17, 15) is 13.6 Å². The number of hydrogen-bond donors (Lipinski definition) is 2. The zero-order chi connectivity index (χ0) is 14.0. The lowest BCUT2D eigenvalue weighted by Gasteiger charge is -2.10. The van der Waals surface area contributed by atoms with Crippen LogP contribution in [-0.4, -0.2) is 25.7 Å². The second-order valence-corrected chi connectivity index (χ2v) is 4.11. The molecular formula is C11H13F2N5O. The van der Waals surface area contributed by atoms with Crippen LogP contribution < -0.4 is 5.32 Å². The number of amides is 1. The lowest BCUT2D eigenvalue weighted by atomic mass is 10.3. The summed E-state index contributed by atoms with van der Waals surface area (Å²) in [5.74, 6) is 0.0695. The minimum absolute atomic E-state index is 0.0598. The van der Waals surface area contributed by atoms with E-state index in [0.29, 0.717) is 10.5 Å². The van der Waals surface area contributed by atoms with Crippen LogP contribution in [0.25, 0.3) is 0 Å². The van der Waals surface area contributed by atoms with E-state index >= 15 is 0 Å². The van der Waals surface area contributed by atoms with Gasteiger partial charge in [-0.05, 0) is 19.9 Å². The van der Waals surface area contributed by atoms with Crippen LogP contribution >= 0.6 is 0 Å². The van der Waals surface area contributed by atoms with Gasteiger partial charge in [0.2, 0.25) is 0 Å². The van der Waals surface area contributed by atoms with Crippen molar-refractivity contribution in [3.05, 3.63) is 35.7 Å². The van der Waals surface area contributed by atoms with Crippen LogP contribution in [0.2, 0.25) is 0 Å². The first-order valence-electron chi connectivity index (χ1n) is 5.63. The topological polar surface area (TPSA) is 75.6 Å². The third-order valence-electron chi connectivity index (χ3n) is 2.52. The molecule has 1 amide bonds. The monoisotopic (exact) mass is 269 g/mol. The van der Waals surface area contributed by atoms with Crippen LogP contribution in [0.3, 0.4) is 0 Å². The summed E-state index contributed by atoms with van der Waals surface area (Å²) in [6, 6.07) is 0.875. The first kappa shape index (κ1) is 13.2. The maximum absolute atomic E-state index is 12.3. The average molecular weight is 269 g/mol. The first-order valence-corrected chi connectivity index (χ1v) is 5.63. The molecule has 0 aliphatic heterocycles. The summed E-state index contributed by atoms with van der Waals surface area (Å²) in [6.45, 7) is 0.821. The van der Waals surface area contributed by atoms with E-state index in [4.69, 9.17) is 0 Å². The largest absolute Gasteiger partial charge is 0.344 e. The minimum Gasteiger partial charge on any atom is -0.344 e. The van der Waals surface area contributed by atoms with E-state index in [2.05, 4.69) is 20.4 Å². The van der Waals surface area contributed by atoms with Crippen molar-refractivity contribution in [1.29, 1.82) is 0 Å². The normalized spacial score (nSPS) is 12.7. The van der Waals surface area contributed by atoms with Gasteiger partial charge in [-0.25, -0.2) is 9.67 Å². The highest BCUT2D eigenvalue weighted by molar-refractivity contribution is 5.92. The molecule has 2 aromatic rings. The zero-order valence-electron chi connectivity index (χ0n) is 10.4. The molecule has 0 saturated heterocycles. The Balaban J connectivity index is 2.04. The number of aromatic amines is 1. The van der Waals surface area contributed by atoms with Gasteiger partial charge in [-0.2, -0.15) is 13.9 Å². The number of hydrogen-bond acceptors (Lipinski definition) is 3. The van der Waals surface area contributed by atoms with Crippen molar-refractivity contribution in [1.82, 2.24) is 25.1 Å². The van der Waals surface area contributed by atoms with Crippen LogP contribution in [0, 0.1) is 6.92 Å². The molecule has 0 aromatic carbocycles. The zero-order valence-corrected chi connectivity index (χ0v) is 10.4. The van der Waals surface area contributed by atoms with Crippen LogP contribution in [0.5, 0.6) is 0 Å². The Labute approximate surface area is 107 Å². The molecule has 2 rings (SSSR count). The van der Waals surface area contributed by atoms with Gasteiger partial charge >= 0.3 is 6.55 Å². The molecule has 0 aliphatic rings. The molecule has 0 spiro atoms. The lowest BCUT2D eigenvalue weighted by molar-refractivity contribution is 0.0559. The van der Waals surface area contributed by atoms with Crippen molar-refractivity contribution in [3.8, 4) is 0 Å². The van der Waals surface area contributed by atoms with E-state index in [1.165, 1.54) is 6.07 Å². The first-order chi connectivity index (χ1) is 8.97. The smallest absolute Gasteiger partial charge is 0.333 e. The van der Waals surface area contributed by atoms with Crippen LogP contribution in [0.4, 0.5) is 8.78 Å². The van der Waals surface area contributed by atoms with Crippen molar-refractivity contribution in [2.75, 3.05) is 0 Å². The number of aryl methyl sites for hydroxylation is 1. The number of aromatic nitrogens is 4. The van der Waals surface area contributed by atoms with E-state index in [0.717, 1.165) is 11.9 Å². The summed E-state index contributed by atoms with van der Waals surface area (Å²) < 4.78 is 25.1. The Morgan fingerprint density at radius 3 is 2.79 bits per heavy atom. The van der Waals surface area contributed by atoms with Gasteiger partial charge in [-0.1, -0.05) is 0 Å². The van der Waals surface area contributed by atoms with Gasteiger partial charge in [-0.3, -0.25) is 4.79 Å². The van der Waals surface area contributed by atoms with Gasteiger partial charge in [0.05, 0.1) is 6.04 Å². The highest BCUT2D eigenvalue weighted by atomic mass is 19.3. The molecular weight excluding hydrogens is 256 g/mol. The molecule has 2 N–H and O–H groups in total. The number of imidazole rings is 1. The molecule has 0 saturated carbocycles.